The van der Waals surface area contributed by atoms with Crippen LogP contribution in [-0.2, 0) is 18.6 Å². The molecule has 2 fully saturated rings. The molecule has 8 nitrogen and oxygen atoms in total. The molecule has 41 heavy (non-hydrogen) atoms. The number of aromatic nitrogens is 3. The van der Waals surface area contributed by atoms with Gasteiger partial charge in [0.15, 0.2) is 5.65 Å². The number of imidazole rings is 1. The number of phenolic OH excluding ortho intramolecular Hbond substituents is 1. The minimum Gasteiger partial charge on any atom is -0.508 e. The number of rotatable bonds is 10. The van der Waals surface area contributed by atoms with Gasteiger partial charge >= 0.3 is 0 Å². The van der Waals surface area contributed by atoms with Crippen molar-refractivity contribution in [2.45, 2.75) is 96.6 Å². The molecule has 0 bridgehead atoms. The quantitative estimate of drug-likeness (QED) is 0.356. The Morgan fingerprint density at radius 2 is 1.80 bits per heavy atom. The lowest BCUT2D eigenvalue weighted by Crippen LogP contribution is -2.55. The van der Waals surface area contributed by atoms with Gasteiger partial charge in [-0.3, -0.25) is 14.7 Å². The molecule has 0 saturated carbocycles. The second-order valence-electron chi connectivity index (χ2n) is 12.8. The molecule has 0 unspecified atom stereocenters. The van der Waals surface area contributed by atoms with Gasteiger partial charge in [0.05, 0.1) is 6.04 Å². The Kier molecular flexibility index (Phi) is 9.33. The van der Waals surface area contributed by atoms with Crippen LogP contribution in [0.15, 0.2) is 36.5 Å². The Hall–Kier alpha value is -2.52. The summed E-state index contributed by atoms with van der Waals surface area (Å²) in [4.78, 5) is 17.9. The highest BCUT2D eigenvalue weighted by Crippen LogP contribution is 2.39. The van der Waals surface area contributed by atoms with Crippen LogP contribution in [0, 0.1) is 0 Å². The van der Waals surface area contributed by atoms with E-state index in [1.165, 1.54) is 17.0 Å². The van der Waals surface area contributed by atoms with Crippen LogP contribution in [0.4, 0.5) is 0 Å². The van der Waals surface area contributed by atoms with Crippen molar-refractivity contribution in [1.29, 1.82) is 0 Å². The van der Waals surface area contributed by atoms with Crippen LogP contribution in [0.3, 0.4) is 0 Å². The minimum absolute atomic E-state index is 0.0570. The van der Waals surface area contributed by atoms with Crippen LogP contribution in [0.5, 0.6) is 5.75 Å². The Bertz CT molecular complexity index is 1290. The van der Waals surface area contributed by atoms with Gasteiger partial charge in [0.2, 0.25) is 0 Å². The zero-order valence-electron chi connectivity index (χ0n) is 26.1. The van der Waals surface area contributed by atoms with E-state index in [9.17, 15) is 5.11 Å². The van der Waals surface area contributed by atoms with Crippen molar-refractivity contribution in [3.63, 3.8) is 0 Å². The van der Waals surface area contributed by atoms with Crippen molar-refractivity contribution < 1.29 is 5.11 Å². The Morgan fingerprint density at radius 3 is 2.44 bits per heavy atom. The molecule has 0 amide bonds. The molecule has 224 valence electrons. The number of piperazine rings is 1. The molecule has 2 aliphatic heterocycles. The number of likely N-dealkylation sites (tertiary alicyclic amines) is 1. The molecule has 2 aromatic heterocycles. The van der Waals surface area contributed by atoms with E-state index in [0.29, 0.717) is 23.9 Å². The molecular formula is C33H51N7O. The van der Waals surface area contributed by atoms with Crippen molar-refractivity contribution in [2.24, 2.45) is 0 Å². The average Bonchev–Trinajstić information content (AvgIpc) is 3.29. The summed E-state index contributed by atoms with van der Waals surface area (Å²) in [6, 6.07) is 11.4. The molecule has 8 heteroatoms. The fourth-order valence-corrected chi connectivity index (χ4v) is 7.36. The third-order valence-electron chi connectivity index (χ3n) is 9.33. The maximum atomic E-state index is 10.1. The van der Waals surface area contributed by atoms with Gasteiger partial charge in [-0.25, -0.2) is 9.97 Å². The zero-order valence-corrected chi connectivity index (χ0v) is 26.1. The van der Waals surface area contributed by atoms with Crippen molar-refractivity contribution in [2.75, 3.05) is 40.3 Å². The maximum Gasteiger partial charge on any atom is 0.160 e. The lowest BCUT2D eigenvalue weighted by molar-refractivity contribution is 0.0505. The highest BCUT2D eigenvalue weighted by molar-refractivity contribution is 5.72. The first kappa shape index (κ1) is 30.0. The lowest BCUT2D eigenvalue weighted by Gasteiger charge is -2.46. The molecule has 3 aromatic rings. The molecular weight excluding hydrogens is 510 g/mol. The first-order valence-corrected chi connectivity index (χ1v) is 15.8. The SMILES string of the molecule is CCC[C@H](c1nc2cc(CN3CCC(c4cccc(O)c4)(N(C)C)CC3)cnc2n1CCC)N1C[C@@H](C)N[C@@H](C)C1. The van der Waals surface area contributed by atoms with Crippen LogP contribution in [0.1, 0.15) is 82.8 Å². The summed E-state index contributed by atoms with van der Waals surface area (Å²) in [6.45, 7) is 15.0. The van der Waals surface area contributed by atoms with Crippen molar-refractivity contribution in [3.05, 3.63) is 53.5 Å². The number of nitrogens with zero attached hydrogens (tertiary/aromatic N) is 6. The van der Waals surface area contributed by atoms with Crippen molar-refractivity contribution in [3.8, 4) is 5.75 Å². The van der Waals surface area contributed by atoms with Gasteiger partial charge in [-0.15, -0.1) is 0 Å². The molecule has 3 atom stereocenters. The number of aryl methyl sites for hydroxylation is 1. The average molecular weight is 562 g/mol. The van der Waals surface area contributed by atoms with Gasteiger partial charge in [-0.1, -0.05) is 32.4 Å². The summed E-state index contributed by atoms with van der Waals surface area (Å²) in [6.07, 6.45) is 7.43. The lowest BCUT2D eigenvalue weighted by atomic mass is 9.79. The van der Waals surface area contributed by atoms with Gasteiger partial charge in [0, 0.05) is 63.1 Å². The fourth-order valence-electron chi connectivity index (χ4n) is 7.36. The van der Waals surface area contributed by atoms with Crippen molar-refractivity contribution in [1.82, 2.24) is 34.6 Å². The van der Waals surface area contributed by atoms with Gasteiger partial charge < -0.3 is 15.0 Å². The summed E-state index contributed by atoms with van der Waals surface area (Å²) in [7, 11) is 4.32. The van der Waals surface area contributed by atoms with E-state index < -0.39 is 0 Å². The first-order valence-electron chi connectivity index (χ1n) is 15.8. The van der Waals surface area contributed by atoms with E-state index in [0.717, 1.165) is 82.5 Å². The number of benzene rings is 1. The van der Waals surface area contributed by atoms with Crippen LogP contribution in [0.2, 0.25) is 0 Å². The van der Waals surface area contributed by atoms with Crippen LogP contribution in [0.25, 0.3) is 11.2 Å². The van der Waals surface area contributed by atoms with E-state index in [-0.39, 0.29) is 5.54 Å². The standard InChI is InChI=1S/C33H51N7O/c1-7-10-30(39-21-24(3)35-25(4)22-39)32-36-29-18-26(20-34-31(29)40(32)15-8-2)23-38-16-13-33(14-17-38,37(5)6)27-11-9-12-28(41)19-27/h9,11-12,18-20,24-25,30,35,41H,7-8,10,13-17,21-23H2,1-6H3/t24-,25+,30-/m1/s1. The number of hydrogen-bond donors (Lipinski definition) is 2. The predicted octanol–water partition coefficient (Wildman–Crippen LogP) is 5.12. The summed E-state index contributed by atoms with van der Waals surface area (Å²) in [5.41, 5.74) is 4.43. The second-order valence-corrected chi connectivity index (χ2v) is 12.8. The number of aromatic hydroxyl groups is 1. The molecule has 2 saturated heterocycles. The monoisotopic (exact) mass is 561 g/mol. The molecule has 4 heterocycles. The minimum atomic E-state index is -0.0570. The van der Waals surface area contributed by atoms with E-state index in [1.807, 2.05) is 12.1 Å². The third kappa shape index (κ3) is 6.31. The van der Waals surface area contributed by atoms with E-state index in [1.54, 1.807) is 6.07 Å². The number of pyridine rings is 1. The van der Waals surface area contributed by atoms with E-state index >= 15 is 0 Å². The third-order valence-corrected chi connectivity index (χ3v) is 9.33. The molecule has 0 aliphatic carbocycles. The molecule has 2 N–H and O–H groups in total. The maximum absolute atomic E-state index is 10.1. The molecule has 2 aliphatic rings. The molecule has 5 rings (SSSR count). The predicted molar refractivity (Wildman–Crippen MR) is 167 cm³/mol. The number of nitrogens with one attached hydrogen (secondary N) is 1. The normalized spacial score (nSPS) is 22.9. The zero-order chi connectivity index (χ0) is 29.1. The summed E-state index contributed by atoms with van der Waals surface area (Å²) in [5.74, 6) is 1.53. The van der Waals surface area contributed by atoms with Crippen molar-refractivity contribution >= 4 is 11.2 Å². The highest BCUT2D eigenvalue weighted by atomic mass is 16.3. The topological polar surface area (TPSA) is 72.7 Å². The van der Waals surface area contributed by atoms with Crippen LogP contribution in [-0.4, -0.2) is 86.7 Å². The van der Waals surface area contributed by atoms with Gasteiger partial charge in [-0.05, 0) is 83.0 Å². The summed E-state index contributed by atoms with van der Waals surface area (Å²) in [5, 5.41) is 13.8. The number of phenols is 1. The molecule has 0 radical (unpaired) electrons. The Labute approximate surface area is 246 Å². The summed E-state index contributed by atoms with van der Waals surface area (Å²) >= 11 is 0. The Morgan fingerprint density at radius 1 is 1.07 bits per heavy atom. The van der Waals surface area contributed by atoms with E-state index in [2.05, 4.69) is 84.7 Å². The smallest absolute Gasteiger partial charge is 0.160 e. The van der Waals surface area contributed by atoms with Gasteiger partial charge in [-0.2, -0.15) is 0 Å². The largest absolute Gasteiger partial charge is 0.508 e. The van der Waals surface area contributed by atoms with Gasteiger partial charge in [0.25, 0.3) is 0 Å². The van der Waals surface area contributed by atoms with Gasteiger partial charge in [0.1, 0.15) is 17.1 Å². The van der Waals surface area contributed by atoms with Crippen LogP contribution < -0.4 is 5.32 Å². The first-order chi connectivity index (χ1) is 19.7. The number of piperidine rings is 1. The molecule has 1 aromatic carbocycles. The number of hydrogen-bond acceptors (Lipinski definition) is 7. The highest BCUT2D eigenvalue weighted by Gasteiger charge is 2.38. The second kappa shape index (κ2) is 12.8. The summed E-state index contributed by atoms with van der Waals surface area (Å²) < 4.78 is 2.40. The Balaban J connectivity index is 1.36. The fraction of sp³-hybridized carbons (Fsp3) is 0.636. The van der Waals surface area contributed by atoms with Crippen LogP contribution >= 0.6 is 0 Å². The molecule has 0 spiro atoms. The number of fused-ring (bicyclic) bond motifs is 1. The van der Waals surface area contributed by atoms with E-state index in [4.69, 9.17) is 9.97 Å².